The molecule has 0 saturated carbocycles. The third-order valence-electron chi connectivity index (χ3n) is 4.39. The Bertz CT molecular complexity index is 880. The van der Waals surface area contributed by atoms with Gasteiger partial charge in [-0.25, -0.2) is 14.2 Å². The number of hydrogen-bond donors (Lipinski definition) is 1. The summed E-state index contributed by atoms with van der Waals surface area (Å²) in [7, 11) is 0. The van der Waals surface area contributed by atoms with Crippen LogP contribution in [0.4, 0.5) is 14.9 Å². The normalized spacial score (nSPS) is 10.6. The van der Waals surface area contributed by atoms with E-state index in [4.69, 9.17) is 4.74 Å². The van der Waals surface area contributed by atoms with Gasteiger partial charge >= 0.3 is 6.03 Å². The van der Waals surface area contributed by atoms with Crippen LogP contribution in [-0.4, -0.2) is 33.6 Å². The Morgan fingerprint density at radius 1 is 1.17 bits per heavy atom. The molecule has 0 spiro atoms. The van der Waals surface area contributed by atoms with E-state index in [0.29, 0.717) is 25.4 Å². The predicted octanol–water partition coefficient (Wildman–Crippen LogP) is 4.55. The summed E-state index contributed by atoms with van der Waals surface area (Å²) in [6.07, 6.45) is 6.17. The van der Waals surface area contributed by atoms with E-state index in [1.54, 1.807) is 29.6 Å². The topological polar surface area (TPSA) is 59.4 Å². The maximum Gasteiger partial charge on any atom is 0.322 e. The largest absolute Gasteiger partial charge is 0.494 e. The minimum absolute atomic E-state index is 0.226. The minimum atomic E-state index is -0.338. The molecule has 1 N–H and O–H groups in total. The highest BCUT2D eigenvalue weighted by molar-refractivity contribution is 5.89. The van der Waals surface area contributed by atoms with Gasteiger partial charge in [0.05, 0.1) is 12.9 Å². The molecular formula is C22H25FN4O2. The molecule has 7 heteroatoms. The first-order chi connectivity index (χ1) is 14.1. The molecule has 2 aromatic carbocycles. The van der Waals surface area contributed by atoms with Gasteiger partial charge in [-0.2, -0.15) is 0 Å². The number of halogens is 1. The van der Waals surface area contributed by atoms with Crippen molar-refractivity contribution in [3.8, 4) is 5.75 Å². The van der Waals surface area contributed by atoms with E-state index in [9.17, 15) is 9.18 Å². The van der Waals surface area contributed by atoms with Crippen molar-refractivity contribution in [3.05, 3.63) is 78.6 Å². The third kappa shape index (κ3) is 6.34. The number of aromatic nitrogens is 2. The molecule has 1 aromatic heterocycles. The monoisotopic (exact) mass is 396 g/mol. The molecule has 0 aliphatic carbocycles. The first kappa shape index (κ1) is 20.4. The highest BCUT2D eigenvalue weighted by Gasteiger charge is 2.14. The van der Waals surface area contributed by atoms with Gasteiger partial charge in [0.1, 0.15) is 11.6 Å². The van der Waals surface area contributed by atoms with Crippen LogP contribution in [0, 0.1) is 5.82 Å². The van der Waals surface area contributed by atoms with Gasteiger partial charge in [-0.3, -0.25) is 0 Å². The van der Waals surface area contributed by atoms with Crippen LogP contribution < -0.4 is 10.1 Å². The van der Waals surface area contributed by atoms with Crippen molar-refractivity contribution in [3.63, 3.8) is 0 Å². The van der Waals surface area contributed by atoms with Gasteiger partial charge < -0.3 is 19.5 Å². The zero-order chi connectivity index (χ0) is 20.5. The number of urea groups is 1. The lowest BCUT2D eigenvalue weighted by Gasteiger charge is -2.23. The molecule has 0 fully saturated rings. The smallest absolute Gasteiger partial charge is 0.322 e. The van der Waals surface area contributed by atoms with Crippen LogP contribution in [0.2, 0.25) is 0 Å². The highest BCUT2D eigenvalue weighted by atomic mass is 19.1. The number of anilines is 1. The molecule has 3 rings (SSSR count). The van der Waals surface area contributed by atoms with Crippen LogP contribution in [0.15, 0.2) is 67.3 Å². The van der Waals surface area contributed by atoms with Gasteiger partial charge in [-0.05, 0) is 55.3 Å². The lowest BCUT2D eigenvalue weighted by Crippen LogP contribution is -2.35. The Labute approximate surface area is 169 Å². The van der Waals surface area contributed by atoms with Gasteiger partial charge in [0.15, 0.2) is 0 Å². The molecule has 0 aliphatic rings. The number of aryl methyl sites for hydroxylation is 1. The second-order valence-corrected chi connectivity index (χ2v) is 6.59. The molecule has 0 radical (unpaired) electrons. The third-order valence-corrected chi connectivity index (χ3v) is 4.39. The second kappa shape index (κ2) is 10.3. The number of benzene rings is 2. The molecule has 3 aromatic rings. The molecule has 6 nitrogen and oxygen atoms in total. The molecule has 0 saturated heterocycles. The van der Waals surface area contributed by atoms with Crippen molar-refractivity contribution in [2.75, 3.05) is 18.5 Å². The summed E-state index contributed by atoms with van der Waals surface area (Å²) in [4.78, 5) is 18.6. The fourth-order valence-electron chi connectivity index (χ4n) is 2.93. The van der Waals surface area contributed by atoms with Crippen LogP contribution in [0.5, 0.6) is 5.75 Å². The molecule has 0 atom stereocenters. The highest BCUT2D eigenvalue weighted by Crippen LogP contribution is 2.15. The van der Waals surface area contributed by atoms with E-state index < -0.39 is 0 Å². The fraction of sp³-hybridized carbons (Fsp3) is 0.273. The maximum absolute atomic E-state index is 13.1. The lowest BCUT2D eigenvalue weighted by molar-refractivity contribution is 0.207. The number of ether oxygens (including phenoxy) is 1. The predicted molar refractivity (Wildman–Crippen MR) is 110 cm³/mol. The summed E-state index contributed by atoms with van der Waals surface area (Å²) in [6, 6.07) is 13.2. The fourth-order valence-corrected chi connectivity index (χ4v) is 2.93. The van der Waals surface area contributed by atoms with Crippen molar-refractivity contribution >= 4 is 11.7 Å². The zero-order valence-corrected chi connectivity index (χ0v) is 16.4. The first-order valence-electron chi connectivity index (χ1n) is 9.63. The number of carbonyl (C=O) groups is 1. The molecule has 152 valence electrons. The molecular weight excluding hydrogens is 371 g/mol. The molecule has 0 unspecified atom stereocenters. The number of rotatable bonds is 9. The van der Waals surface area contributed by atoms with Crippen LogP contribution >= 0.6 is 0 Å². The van der Waals surface area contributed by atoms with Crippen LogP contribution in [-0.2, 0) is 13.1 Å². The van der Waals surface area contributed by atoms with Gasteiger partial charge in [-0.1, -0.05) is 12.1 Å². The second-order valence-electron chi connectivity index (χ2n) is 6.59. The number of imidazole rings is 1. The Balaban J connectivity index is 1.65. The summed E-state index contributed by atoms with van der Waals surface area (Å²) >= 11 is 0. The van der Waals surface area contributed by atoms with Gasteiger partial charge in [0.2, 0.25) is 0 Å². The summed E-state index contributed by atoms with van der Waals surface area (Å²) in [5.41, 5.74) is 1.56. The van der Waals surface area contributed by atoms with Crippen molar-refractivity contribution in [1.82, 2.24) is 14.5 Å². The van der Waals surface area contributed by atoms with E-state index in [1.807, 2.05) is 42.0 Å². The Morgan fingerprint density at radius 3 is 2.59 bits per heavy atom. The van der Waals surface area contributed by atoms with Gasteiger partial charge in [0, 0.05) is 37.7 Å². The van der Waals surface area contributed by atoms with E-state index in [0.717, 1.165) is 24.3 Å². The zero-order valence-electron chi connectivity index (χ0n) is 16.4. The van der Waals surface area contributed by atoms with E-state index >= 15 is 0 Å². The number of hydrogen-bond acceptors (Lipinski definition) is 3. The van der Waals surface area contributed by atoms with Crippen molar-refractivity contribution in [2.45, 2.75) is 26.4 Å². The molecule has 1 heterocycles. The van der Waals surface area contributed by atoms with Crippen molar-refractivity contribution in [1.29, 1.82) is 0 Å². The molecule has 2 amide bonds. The average Bonchev–Trinajstić information content (AvgIpc) is 3.24. The maximum atomic E-state index is 13.1. The van der Waals surface area contributed by atoms with E-state index in [1.165, 1.54) is 12.1 Å². The number of nitrogens with one attached hydrogen (secondary N) is 1. The number of carbonyl (C=O) groups excluding carboxylic acids is 1. The van der Waals surface area contributed by atoms with E-state index in [2.05, 4.69) is 10.3 Å². The van der Waals surface area contributed by atoms with Crippen LogP contribution in [0.1, 0.15) is 18.9 Å². The summed E-state index contributed by atoms with van der Waals surface area (Å²) in [5.74, 6) is 0.466. The van der Waals surface area contributed by atoms with Crippen molar-refractivity contribution in [2.24, 2.45) is 0 Å². The lowest BCUT2D eigenvalue weighted by atomic mass is 10.2. The Morgan fingerprint density at radius 2 is 1.93 bits per heavy atom. The summed E-state index contributed by atoms with van der Waals surface area (Å²) in [6.45, 7) is 4.35. The average molecular weight is 396 g/mol. The van der Waals surface area contributed by atoms with Gasteiger partial charge in [0.25, 0.3) is 0 Å². The Hall–Kier alpha value is -3.35. The standard InChI is InChI=1S/C22H25FN4O2/c1-2-29-21-10-4-18(5-11-21)16-27(14-3-13-26-15-12-24-17-26)22(28)25-20-8-6-19(23)7-9-20/h4-12,15,17H,2-3,13-14,16H2,1H3,(H,25,28). The molecule has 29 heavy (non-hydrogen) atoms. The molecule has 0 aliphatic heterocycles. The number of nitrogens with zero attached hydrogens (tertiary/aromatic N) is 3. The first-order valence-corrected chi connectivity index (χ1v) is 9.63. The summed E-state index contributed by atoms with van der Waals surface area (Å²) < 4.78 is 20.6. The minimum Gasteiger partial charge on any atom is -0.494 e. The SMILES string of the molecule is CCOc1ccc(CN(CCCn2ccnc2)C(=O)Nc2ccc(F)cc2)cc1. The molecule has 0 bridgehead atoms. The quantitative estimate of drug-likeness (QED) is 0.577. The van der Waals surface area contributed by atoms with Gasteiger partial charge in [-0.15, -0.1) is 0 Å². The van der Waals surface area contributed by atoms with Crippen LogP contribution in [0.3, 0.4) is 0 Å². The van der Waals surface area contributed by atoms with Crippen molar-refractivity contribution < 1.29 is 13.9 Å². The Kier molecular flexibility index (Phi) is 7.22. The van der Waals surface area contributed by atoms with E-state index in [-0.39, 0.29) is 11.8 Å². The summed E-state index contributed by atoms with van der Waals surface area (Å²) in [5, 5.41) is 2.84. The number of amides is 2. The van der Waals surface area contributed by atoms with Crippen LogP contribution in [0.25, 0.3) is 0 Å².